The summed E-state index contributed by atoms with van der Waals surface area (Å²) in [5.41, 5.74) is 1.06. The zero-order valence-corrected chi connectivity index (χ0v) is 16.4. The van der Waals surface area contributed by atoms with Gasteiger partial charge in [0.1, 0.15) is 15.9 Å². The average molecular weight is 416 g/mol. The number of halogens is 1. The lowest BCUT2D eigenvalue weighted by Crippen LogP contribution is -2.29. The van der Waals surface area contributed by atoms with Crippen molar-refractivity contribution in [2.75, 3.05) is 11.9 Å². The van der Waals surface area contributed by atoms with Crippen LogP contribution in [0.15, 0.2) is 53.4 Å². The van der Waals surface area contributed by atoms with E-state index in [9.17, 15) is 19.1 Å². The van der Waals surface area contributed by atoms with Crippen LogP contribution < -0.4 is 5.32 Å². The first-order valence-electron chi connectivity index (χ1n) is 8.53. The Morgan fingerprint density at radius 3 is 2.64 bits per heavy atom. The van der Waals surface area contributed by atoms with Crippen molar-refractivity contribution in [1.29, 1.82) is 0 Å². The minimum atomic E-state index is -0.341. The number of nitrogens with one attached hydrogen (secondary N) is 1. The molecule has 144 valence electrons. The van der Waals surface area contributed by atoms with Crippen LogP contribution in [0.2, 0.25) is 0 Å². The van der Waals surface area contributed by atoms with E-state index in [0.717, 1.165) is 0 Å². The number of amides is 2. The molecule has 0 bridgehead atoms. The van der Waals surface area contributed by atoms with Gasteiger partial charge in [-0.25, -0.2) is 4.39 Å². The summed E-state index contributed by atoms with van der Waals surface area (Å²) < 4.78 is 13.4. The lowest BCUT2D eigenvalue weighted by atomic mass is 10.2. The highest BCUT2D eigenvalue weighted by Crippen LogP contribution is 2.32. The molecule has 3 rings (SSSR count). The second-order valence-corrected chi connectivity index (χ2v) is 7.73. The molecule has 0 saturated carbocycles. The summed E-state index contributed by atoms with van der Waals surface area (Å²) in [6.45, 7) is 0.319. The van der Waals surface area contributed by atoms with E-state index >= 15 is 0 Å². The van der Waals surface area contributed by atoms with E-state index in [1.807, 2.05) is 0 Å². The van der Waals surface area contributed by atoms with E-state index in [4.69, 9.17) is 12.2 Å². The Bertz CT molecular complexity index is 945. The van der Waals surface area contributed by atoms with E-state index < -0.39 is 0 Å². The fraction of sp³-hybridized carbons (Fsp3) is 0.150. The molecule has 1 saturated heterocycles. The van der Waals surface area contributed by atoms with Gasteiger partial charge in [-0.2, -0.15) is 0 Å². The van der Waals surface area contributed by atoms with Crippen LogP contribution in [0, 0.1) is 5.82 Å². The Hall–Kier alpha value is -2.71. The Kier molecular flexibility index (Phi) is 6.43. The molecule has 2 amide bonds. The van der Waals surface area contributed by atoms with Gasteiger partial charge in [0.05, 0.1) is 10.6 Å². The standard InChI is InChI=1S/C20H17FN2O3S2/c21-14-9-7-13(8-10-14)12-17-19(26)23(20(27)28-17)11-3-6-18(25)22-15-4-1-2-5-16(15)24/h1-2,4-5,7-10,12,24H,3,6,11H2,(H,22,25)/b17-12+. The molecule has 8 heteroatoms. The molecule has 1 aliphatic heterocycles. The lowest BCUT2D eigenvalue weighted by molar-refractivity contribution is -0.122. The lowest BCUT2D eigenvalue weighted by Gasteiger charge is -2.14. The predicted molar refractivity (Wildman–Crippen MR) is 112 cm³/mol. The fourth-order valence-electron chi connectivity index (χ4n) is 2.59. The first-order chi connectivity index (χ1) is 13.4. The summed E-state index contributed by atoms with van der Waals surface area (Å²) in [4.78, 5) is 26.5. The van der Waals surface area contributed by atoms with Gasteiger partial charge in [0.15, 0.2) is 0 Å². The van der Waals surface area contributed by atoms with Crippen molar-refractivity contribution in [3.8, 4) is 5.75 Å². The topological polar surface area (TPSA) is 69.6 Å². The number of nitrogens with zero attached hydrogens (tertiary/aromatic N) is 1. The number of hydrogen-bond donors (Lipinski definition) is 2. The molecule has 1 fully saturated rings. The Morgan fingerprint density at radius 1 is 1.21 bits per heavy atom. The summed E-state index contributed by atoms with van der Waals surface area (Å²) >= 11 is 6.45. The first kappa shape index (κ1) is 20.0. The van der Waals surface area contributed by atoms with Crippen molar-refractivity contribution >= 4 is 51.9 Å². The maximum absolute atomic E-state index is 13.0. The van der Waals surface area contributed by atoms with E-state index in [1.165, 1.54) is 34.9 Å². The van der Waals surface area contributed by atoms with Gasteiger partial charge < -0.3 is 10.4 Å². The highest BCUT2D eigenvalue weighted by atomic mass is 32.2. The maximum Gasteiger partial charge on any atom is 0.266 e. The van der Waals surface area contributed by atoms with Crippen LogP contribution in [0.5, 0.6) is 5.75 Å². The molecule has 1 aliphatic rings. The number of thiocarbonyl (C=S) groups is 1. The third-order valence-corrected chi connectivity index (χ3v) is 5.38. The van der Waals surface area contributed by atoms with Crippen molar-refractivity contribution in [2.24, 2.45) is 0 Å². The fourth-order valence-corrected chi connectivity index (χ4v) is 3.90. The molecular weight excluding hydrogens is 399 g/mol. The van der Waals surface area contributed by atoms with Crippen LogP contribution in [0.1, 0.15) is 18.4 Å². The summed E-state index contributed by atoms with van der Waals surface area (Å²) in [5, 5.41) is 12.3. The maximum atomic E-state index is 13.0. The highest BCUT2D eigenvalue weighted by molar-refractivity contribution is 8.26. The van der Waals surface area contributed by atoms with Crippen molar-refractivity contribution in [1.82, 2.24) is 4.90 Å². The van der Waals surface area contributed by atoms with Gasteiger partial charge >= 0.3 is 0 Å². The second-order valence-electron chi connectivity index (χ2n) is 6.05. The first-order valence-corrected chi connectivity index (χ1v) is 9.75. The Balaban J connectivity index is 1.54. The third kappa shape index (κ3) is 4.96. The number of thioether (sulfide) groups is 1. The van der Waals surface area contributed by atoms with Crippen LogP contribution in [0.25, 0.3) is 6.08 Å². The Labute approximate surface area is 171 Å². The molecule has 2 aromatic carbocycles. The molecule has 2 N–H and O–H groups in total. The molecular formula is C20H17FN2O3S2. The number of benzene rings is 2. The van der Waals surface area contributed by atoms with Crippen molar-refractivity contribution < 1.29 is 19.1 Å². The minimum absolute atomic E-state index is 0.00118. The number of phenols is 1. The number of anilines is 1. The number of carbonyl (C=O) groups excluding carboxylic acids is 2. The zero-order valence-electron chi connectivity index (χ0n) is 14.7. The monoisotopic (exact) mass is 416 g/mol. The van der Waals surface area contributed by atoms with E-state index in [2.05, 4.69) is 5.32 Å². The molecule has 0 spiro atoms. The summed E-state index contributed by atoms with van der Waals surface area (Å²) in [7, 11) is 0. The van der Waals surface area contributed by atoms with Gasteiger partial charge in [0.25, 0.3) is 5.91 Å². The van der Waals surface area contributed by atoms with E-state index in [-0.39, 0.29) is 29.8 Å². The second kappa shape index (κ2) is 8.99. The predicted octanol–water partition coefficient (Wildman–Crippen LogP) is 4.15. The van der Waals surface area contributed by atoms with E-state index in [0.29, 0.717) is 33.4 Å². The summed E-state index contributed by atoms with van der Waals surface area (Å²) in [6, 6.07) is 12.3. The van der Waals surface area contributed by atoms with Crippen LogP contribution in [-0.4, -0.2) is 32.7 Å². The van der Waals surface area contributed by atoms with Gasteiger partial charge in [-0.3, -0.25) is 14.5 Å². The number of hydrogen-bond acceptors (Lipinski definition) is 5. The molecule has 0 radical (unpaired) electrons. The van der Waals surface area contributed by atoms with Gasteiger partial charge in [-0.15, -0.1) is 0 Å². The number of carbonyl (C=O) groups is 2. The highest BCUT2D eigenvalue weighted by Gasteiger charge is 2.31. The van der Waals surface area contributed by atoms with Gasteiger partial charge in [-0.05, 0) is 42.3 Å². The number of phenolic OH excluding ortho intramolecular Hbond substituents is 1. The van der Waals surface area contributed by atoms with Gasteiger partial charge in [0.2, 0.25) is 5.91 Å². The molecule has 0 unspecified atom stereocenters. The molecule has 5 nitrogen and oxygen atoms in total. The van der Waals surface area contributed by atoms with Crippen LogP contribution in [0.4, 0.5) is 10.1 Å². The molecule has 2 aromatic rings. The van der Waals surface area contributed by atoms with Crippen molar-refractivity contribution in [3.05, 3.63) is 64.8 Å². The summed E-state index contributed by atoms with van der Waals surface area (Å²) in [6.07, 6.45) is 2.28. The number of aromatic hydroxyl groups is 1. The van der Waals surface area contributed by atoms with Crippen molar-refractivity contribution in [2.45, 2.75) is 12.8 Å². The molecule has 0 aliphatic carbocycles. The normalized spacial score (nSPS) is 15.3. The van der Waals surface area contributed by atoms with Gasteiger partial charge in [-0.1, -0.05) is 48.2 Å². The van der Waals surface area contributed by atoms with Crippen LogP contribution >= 0.6 is 24.0 Å². The SMILES string of the molecule is O=C(CCCN1C(=O)/C(=C\c2ccc(F)cc2)SC1=S)Nc1ccccc1O. The van der Waals surface area contributed by atoms with E-state index in [1.54, 1.807) is 36.4 Å². The number of rotatable bonds is 6. The van der Waals surface area contributed by atoms with Crippen LogP contribution in [-0.2, 0) is 9.59 Å². The summed E-state index contributed by atoms with van der Waals surface area (Å²) in [5.74, 6) is -0.820. The van der Waals surface area contributed by atoms with Crippen molar-refractivity contribution in [3.63, 3.8) is 0 Å². The zero-order chi connectivity index (χ0) is 20.1. The molecule has 0 atom stereocenters. The molecule has 0 aromatic heterocycles. The van der Waals surface area contributed by atoms with Gasteiger partial charge in [0, 0.05) is 13.0 Å². The van der Waals surface area contributed by atoms with Crippen LogP contribution in [0.3, 0.4) is 0 Å². The largest absolute Gasteiger partial charge is 0.506 e. The third-order valence-electron chi connectivity index (χ3n) is 4.01. The molecule has 1 heterocycles. The average Bonchev–Trinajstić information content (AvgIpc) is 2.93. The number of para-hydroxylation sites is 2. The minimum Gasteiger partial charge on any atom is -0.506 e. The molecule has 28 heavy (non-hydrogen) atoms. The quantitative estimate of drug-likeness (QED) is 0.421. The Morgan fingerprint density at radius 2 is 1.93 bits per heavy atom. The smallest absolute Gasteiger partial charge is 0.266 e.